The van der Waals surface area contributed by atoms with Gasteiger partial charge < -0.3 is 9.84 Å². The Balaban J connectivity index is 1.53. The molecular weight excluding hydrogens is 328 g/mol. The molecule has 0 unspecified atom stereocenters. The number of benzene rings is 3. The van der Waals surface area contributed by atoms with Crippen molar-refractivity contribution in [2.24, 2.45) is 5.10 Å². The van der Waals surface area contributed by atoms with E-state index in [0.29, 0.717) is 17.7 Å². The van der Waals surface area contributed by atoms with Gasteiger partial charge in [0.1, 0.15) is 18.1 Å². The molecule has 0 saturated carbocycles. The lowest BCUT2D eigenvalue weighted by atomic mass is 10.1. The monoisotopic (exact) mass is 346 g/mol. The summed E-state index contributed by atoms with van der Waals surface area (Å²) in [5.41, 5.74) is 4.62. The molecule has 3 aromatic carbocycles. The molecule has 3 rings (SSSR count). The van der Waals surface area contributed by atoms with Gasteiger partial charge in [-0.05, 0) is 47.5 Å². The number of hydrazone groups is 1. The van der Waals surface area contributed by atoms with Gasteiger partial charge in [-0.3, -0.25) is 4.79 Å². The van der Waals surface area contributed by atoms with Gasteiger partial charge in [-0.15, -0.1) is 0 Å². The average Bonchev–Trinajstić information content (AvgIpc) is 2.67. The van der Waals surface area contributed by atoms with Gasteiger partial charge in [-0.2, -0.15) is 5.10 Å². The molecule has 0 saturated heterocycles. The fourth-order valence-electron chi connectivity index (χ4n) is 2.27. The summed E-state index contributed by atoms with van der Waals surface area (Å²) in [6, 6.07) is 23.3. The van der Waals surface area contributed by atoms with E-state index in [2.05, 4.69) is 10.5 Å². The maximum absolute atomic E-state index is 12.1. The standard InChI is InChI=1S/C21H18N2O3/c24-19-6-4-5-17(13-19)14-22-23-21(25)18-11-9-16(10-12-18)15-26-20-7-2-1-3-8-20/h1-14,24H,15H2,(H,23,25)/b22-14-. The number of phenolic OH excluding ortho intramolecular Hbond substituents is 1. The van der Waals surface area contributed by atoms with Crippen LogP contribution in [0, 0.1) is 0 Å². The van der Waals surface area contributed by atoms with Crippen LogP contribution in [-0.2, 0) is 6.61 Å². The fraction of sp³-hybridized carbons (Fsp3) is 0.0476. The molecule has 0 aliphatic carbocycles. The van der Waals surface area contributed by atoms with Crippen LogP contribution >= 0.6 is 0 Å². The molecular formula is C21H18N2O3. The van der Waals surface area contributed by atoms with Crippen molar-refractivity contribution in [1.82, 2.24) is 5.43 Å². The molecule has 130 valence electrons. The van der Waals surface area contributed by atoms with E-state index in [4.69, 9.17) is 4.74 Å². The number of amides is 1. The highest BCUT2D eigenvalue weighted by Gasteiger charge is 2.04. The predicted octanol–water partition coefficient (Wildman–Crippen LogP) is 3.74. The van der Waals surface area contributed by atoms with Gasteiger partial charge in [-0.1, -0.05) is 42.5 Å². The van der Waals surface area contributed by atoms with Crippen LogP contribution in [0.2, 0.25) is 0 Å². The molecule has 0 atom stereocenters. The van der Waals surface area contributed by atoms with Crippen molar-refractivity contribution in [3.63, 3.8) is 0 Å². The molecule has 0 radical (unpaired) electrons. The van der Waals surface area contributed by atoms with Crippen molar-refractivity contribution in [2.45, 2.75) is 6.61 Å². The minimum atomic E-state index is -0.308. The molecule has 0 aliphatic rings. The lowest BCUT2D eigenvalue weighted by molar-refractivity contribution is 0.0955. The second kappa shape index (κ2) is 8.48. The number of aromatic hydroxyl groups is 1. The summed E-state index contributed by atoms with van der Waals surface area (Å²) < 4.78 is 5.67. The van der Waals surface area contributed by atoms with Gasteiger partial charge in [-0.25, -0.2) is 5.43 Å². The zero-order valence-corrected chi connectivity index (χ0v) is 14.0. The summed E-state index contributed by atoms with van der Waals surface area (Å²) in [4.78, 5) is 12.1. The van der Waals surface area contributed by atoms with Crippen LogP contribution in [0.5, 0.6) is 11.5 Å². The van der Waals surface area contributed by atoms with Crippen molar-refractivity contribution in [3.8, 4) is 11.5 Å². The molecule has 3 aromatic rings. The van der Waals surface area contributed by atoms with Crippen LogP contribution in [0.15, 0.2) is 84.0 Å². The van der Waals surface area contributed by atoms with E-state index in [9.17, 15) is 9.90 Å². The minimum Gasteiger partial charge on any atom is -0.508 e. The second-order valence-electron chi connectivity index (χ2n) is 5.59. The number of nitrogens with zero attached hydrogens (tertiary/aromatic N) is 1. The largest absolute Gasteiger partial charge is 0.508 e. The van der Waals surface area contributed by atoms with Gasteiger partial charge in [0.25, 0.3) is 5.91 Å². The predicted molar refractivity (Wildman–Crippen MR) is 100 cm³/mol. The Bertz CT molecular complexity index is 891. The van der Waals surface area contributed by atoms with E-state index in [1.807, 2.05) is 42.5 Å². The number of hydrogen-bond donors (Lipinski definition) is 2. The Labute approximate surface area is 151 Å². The Morgan fingerprint density at radius 2 is 1.77 bits per heavy atom. The van der Waals surface area contributed by atoms with Crippen molar-refractivity contribution >= 4 is 12.1 Å². The van der Waals surface area contributed by atoms with E-state index in [1.54, 1.807) is 36.4 Å². The van der Waals surface area contributed by atoms with E-state index >= 15 is 0 Å². The smallest absolute Gasteiger partial charge is 0.271 e. The van der Waals surface area contributed by atoms with Crippen LogP contribution in [0.1, 0.15) is 21.5 Å². The summed E-state index contributed by atoms with van der Waals surface area (Å²) in [7, 11) is 0. The third kappa shape index (κ3) is 4.95. The Morgan fingerprint density at radius 3 is 2.50 bits per heavy atom. The van der Waals surface area contributed by atoms with Crippen molar-refractivity contribution < 1.29 is 14.6 Å². The summed E-state index contributed by atoms with van der Waals surface area (Å²) >= 11 is 0. The van der Waals surface area contributed by atoms with Gasteiger partial charge in [0.05, 0.1) is 6.21 Å². The normalized spacial score (nSPS) is 10.6. The molecule has 0 heterocycles. The fourth-order valence-corrected chi connectivity index (χ4v) is 2.27. The number of nitrogens with one attached hydrogen (secondary N) is 1. The second-order valence-corrected chi connectivity index (χ2v) is 5.59. The molecule has 0 bridgehead atoms. The SMILES string of the molecule is O=C(N/N=C\c1cccc(O)c1)c1ccc(COc2ccccc2)cc1. The Morgan fingerprint density at radius 1 is 1.00 bits per heavy atom. The van der Waals surface area contributed by atoms with Crippen LogP contribution in [0.25, 0.3) is 0 Å². The maximum Gasteiger partial charge on any atom is 0.271 e. The molecule has 5 nitrogen and oxygen atoms in total. The van der Waals surface area contributed by atoms with Gasteiger partial charge in [0.15, 0.2) is 0 Å². The zero-order chi connectivity index (χ0) is 18.2. The maximum atomic E-state index is 12.1. The quantitative estimate of drug-likeness (QED) is 0.528. The molecule has 26 heavy (non-hydrogen) atoms. The number of hydrogen-bond acceptors (Lipinski definition) is 4. The highest BCUT2D eigenvalue weighted by molar-refractivity contribution is 5.94. The molecule has 2 N–H and O–H groups in total. The topological polar surface area (TPSA) is 70.9 Å². The summed E-state index contributed by atoms with van der Waals surface area (Å²) in [6.07, 6.45) is 1.47. The lowest BCUT2D eigenvalue weighted by Crippen LogP contribution is -2.17. The van der Waals surface area contributed by atoms with E-state index < -0.39 is 0 Å². The van der Waals surface area contributed by atoms with Gasteiger partial charge >= 0.3 is 0 Å². The molecule has 5 heteroatoms. The molecule has 1 amide bonds. The molecule has 0 aromatic heterocycles. The summed E-state index contributed by atoms with van der Waals surface area (Å²) in [5.74, 6) is 0.640. The first kappa shape index (κ1) is 17.2. The number of carbonyl (C=O) groups excluding carboxylic acids is 1. The molecule has 0 aliphatic heterocycles. The van der Waals surface area contributed by atoms with Crippen molar-refractivity contribution in [1.29, 1.82) is 0 Å². The van der Waals surface area contributed by atoms with Crippen LogP contribution in [-0.4, -0.2) is 17.2 Å². The first-order valence-corrected chi connectivity index (χ1v) is 8.10. The highest BCUT2D eigenvalue weighted by atomic mass is 16.5. The molecule has 0 fully saturated rings. The van der Waals surface area contributed by atoms with Crippen LogP contribution in [0.3, 0.4) is 0 Å². The number of rotatable bonds is 6. The van der Waals surface area contributed by atoms with Crippen molar-refractivity contribution in [2.75, 3.05) is 0 Å². The number of ether oxygens (including phenoxy) is 1. The van der Waals surface area contributed by atoms with Crippen molar-refractivity contribution in [3.05, 3.63) is 95.6 Å². The number of phenols is 1. The zero-order valence-electron chi connectivity index (χ0n) is 14.0. The lowest BCUT2D eigenvalue weighted by Gasteiger charge is -2.06. The number of carbonyl (C=O) groups is 1. The molecule has 0 spiro atoms. The third-order valence-electron chi connectivity index (χ3n) is 3.61. The van der Waals surface area contributed by atoms with Crippen LogP contribution in [0.4, 0.5) is 0 Å². The number of para-hydroxylation sites is 1. The first-order chi connectivity index (χ1) is 12.7. The van der Waals surface area contributed by atoms with Gasteiger partial charge in [0, 0.05) is 5.56 Å². The average molecular weight is 346 g/mol. The highest BCUT2D eigenvalue weighted by Crippen LogP contribution is 2.12. The third-order valence-corrected chi connectivity index (χ3v) is 3.61. The Hall–Kier alpha value is -3.60. The summed E-state index contributed by atoms with van der Waals surface area (Å²) in [6.45, 7) is 0.432. The first-order valence-electron chi connectivity index (χ1n) is 8.10. The van der Waals surface area contributed by atoms with E-state index in [0.717, 1.165) is 11.3 Å². The van der Waals surface area contributed by atoms with E-state index in [-0.39, 0.29) is 11.7 Å². The Kier molecular flexibility index (Phi) is 5.62. The van der Waals surface area contributed by atoms with Crippen LogP contribution < -0.4 is 10.2 Å². The van der Waals surface area contributed by atoms with E-state index in [1.165, 1.54) is 6.21 Å². The summed E-state index contributed by atoms with van der Waals surface area (Å²) in [5, 5.41) is 13.3. The van der Waals surface area contributed by atoms with Gasteiger partial charge in [0.2, 0.25) is 0 Å². The minimum absolute atomic E-state index is 0.147.